The summed E-state index contributed by atoms with van der Waals surface area (Å²) < 4.78 is 5.67. The quantitative estimate of drug-likeness (QED) is 0.720. The van der Waals surface area contributed by atoms with Gasteiger partial charge in [-0.15, -0.1) is 0 Å². The van der Waals surface area contributed by atoms with Crippen LogP contribution in [0.3, 0.4) is 0 Å². The molecule has 1 saturated heterocycles. The van der Waals surface area contributed by atoms with Crippen LogP contribution in [0.1, 0.15) is 40.0 Å². The first-order valence-corrected chi connectivity index (χ1v) is 6.83. The monoisotopic (exact) mass is 228 g/mol. The minimum atomic E-state index is 0.472. The molecule has 0 radical (unpaired) electrons. The first-order valence-electron chi connectivity index (χ1n) is 6.83. The number of nitrogens with one attached hydrogen (secondary N) is 1. The summed E-state index contributed by atoms with van der Waals surface area (Å²) >= 11 is 0. The first-order chi connectivity index (χ1) is 7.76. The minimum absolute atomic E-state index is 0.472. The van der Waals surface area contributed by atoms with Gasteiger partial charge >= 0.3 is 0 Å². The molecule has 0 saturated carbocycles. The van der Waals surface area contributed by atoms with Crippen molar-refractivity contribution in [1.29, 1.82) is 0 Å². The van der Waals surface area contributed by atoms with Gasteiger partial charge in [-0.05, 0) is 39.3 Å². The lowest BCUT2D eigenvalue weighted by Gasteiger charge is -2.32. The molecule has 0 aromatic rings. The van der Waals surface area contributed by atoms with Gasteiger partial charge in [-0.25, -0.2) is 0 Å². The van der Waals surface area contributed by atoms with Crippen molar-refractivity contribution in [2.75, 3.05) is 32.8 Å². The van der Waals surface area contributed by atoms with Gasteiger partial charge in [0.05, 0.1) is 12.7 Å². The molecule has 1 fully saturated rings. The zero-order valence-electron chi connectivity index (χ0n) is 11.2. The molecule has 0 spiro atoms. The third kappa shape index (κ3) is 5.28. The van der Waals surface area contributed by atoms with Crippen LogP contribution in [0.25, 0.3) is 0 Å². The fourth-order valence-electron chi connectivity index (χ4n) is 2.30. The lowest BCUT2D eigenvalue weighted by Crippen LogP contribution is -2.42. The van der Waals surface area contributed by atoms with E-state index in [0.717, 1.165) is 32.7 Å². The highest BCUT2D eigenvalue weighted by molar-refractivity contribution is 4.71. The molecule has 3 nitrogen and oxygen atoms in total. The van der Waals surface area contributed by atoms with Gasteiger partial charge in [0.25, 0.3) is 0 Å². The van der Waals surface area contributed by atoms with Crippen LogP contribution in [0, 0.1) is 0 Å². The maximum atomic E-state index is 5.67. The van der Waals surface area contributed by atoms with Crippen LogP contribution in [-0.2, 0) is 4.74 Å². The average molecular weight is 228 g/mol. The highest BCUT2D eigenvalue weighted by atomic mass is 16.5. The molecular weight excluding hydrogens is 200 g/mol. The Labute approximate surface area is 101 Å². The average Bonchev–Trinajstić information content (AvgIpc) is 2.30. The van der Waals surface area contributed by atoms with E-state index in [1.165, 1.54) is 19.4 Å². The Morgan fingerprint density at radius 1 is 1.44 bits per heavy atom. The Hall–Kier alpha value is -0.120. The van der Waals surface area contributed by atoms with Gasteiger partial charge in [0.2, 0.25) is 0 Å². The Bertz CT molecular complexity index is 175. The van der Waals surface area contributed by atoms with E-state index >= 15 is 0 Å². The predicted octanol–water partition coefficient (Wildman–Crippen LogP) is 1.88. The zero-order valence-corrected chi connectivity index (χ0v) is 11.2. The van der Waals surface area contributed by atoms with Crippen molar-refractivity contribution in [2.45, 2.75) is 52.2 Å². The zero-order chi connectivity index (χ0) is 11.8. The fraction of sp³-hybridized carbons (Fsp3) is 1.00. The molecule has 1 aliphatic heterocycles. The number of morpholine rings is 1. The van der Waals surface area contributed by atoms with E-state index in [1.54, 1.807) is 0 Å². The second-order valence-electron chi connectivity index (χ2n) is 4.80. The maximum Gasteiger partial charge on any atom is 0.0700 e. The largest absolute Gasteiger partial charge is 0.376 e. The van der Waals surface area contributed by atoms with E-state index in [4.69, 9.17) is 4.74 Å². The first kappa shape index (κ1) is 13.9. The molecule has 0 aromatic carbocycles. The van der Waals surface area contributed by atoms with Crippen LogP contribution in [0.15, 0.2) is 0 Å². The Morgan fingerprint density at radius 3 is 2.94 bits per heavy atom. The van der Waals surface area contributed by atoms with Gasteiger partial charge in [0, 0.05) is 19.1 Å². The molecule has 2 unspecified atom stereocenters. The molecule has 0 aromatic heterocycles. The summed E-state index contributed by atoms with van der Waals surface area (Å²) in [5.74, 6) is 0. The Morgan fingerprint density at radius 2 is 2.25 bits per heavy atom. The van der Waals surface area contributed by atoms with Gasteiger partial charge in [0.15, 0.2) is 0 Å². The van der Waals surface area contributed by atoms with Crippen molar-refractivity contribution in [1.82, 2.24) is 10.2 Å². The van der Waals surface area contributed by atoms with Crippen LogP contribution >= 0.6 is 0 Å². The van der Waals surface area contributed by atoms with Crippen LogP contribution < -0.4 is 5.32 Å². The molecule has 1 N–H and O–H groups in total. The standard InChI is InChI=1S/C13H28N2O/c1-4-13-11-15(9-10-16-13)8-6-7-12(3)14-5-2/h12-14H,4-11H2,1-3H3. The van der Waals surface area contributed by atoms with Gasteiger partial charge in [-0.1, -0.05) is 13.8 Å². The number of rotatable bonds is 7. The molecule has 96 valence electrons. The molecule has 1 heterocycles. The molecule has 1 aliphatic rings. The van der Waals surface area contributed by atoms with Gasteiger partial charge in [-0.3, -0.25) is 4.90 Å². The van der Waals surface area contributed by atoms with Crippen molar-refractivity contribution >= 4 is 0 Å². The van der Waals surface area contributed by atoms with Crippen molar-refractivity contribution in [3.8, 4) is 0 Å². The number of hydrogen-bond donors (Lipinski definition) is 1. The second-order valence-corrected chi connectivity index (χ2v) is 4.80. The summed E-state index contributed by atoms with van der Waals surface area (Å²) in [4.78, 5) is 2.55. The summed E-state index contributed by atoms with van der Waals surface area (Å²) in [6.45, 7) is 12.1. The van der Waals surface area contributed by atoms with E-state index in [9.17, 15) is 0 Å². The van der Waals surface area contributed by atoms with Crippen molar-refractivity contribution < 1.29 is 4.74 Å². The smallest absolute Gasteiger partial charge is 0.0700 e. The third-order valence-electron chi connectivity index (χ3n) is 3.34. The van der Waals surface area contributed by atoms with E-state index < -0.39 is 0 Å². The molecule has 0 amide bonds. The highest BCUT2D eigenvalue weighted by Crippen LogP contribution is 2.09. The van der Waals surface area contributed by atoms with Crippen molar-refractivity contribution in [3.63, 3.8) is 0 Å². The summed E-state index contributed by atoms with van der Waals surface area (Å²) in [6, 6.07) is 0.660. The minimum Gasteiger partial charge on any atom is -0.376 e. The van der Waals surface area contributed by atoms with Gasteiger partial charge in [0.1, 0.15) is 0 Å². The normalized spacial score (nSPS) is 24.6. The van der Waals surface area contributed by atoms with E-state index in [-0.39, 0.29) is 0 Å². The van der Waals surface area contributed by atoms with Gasteiger partial charge < -0.3 is 10.1 Å². The molecule has 0 aliphatic carbocycles. The number of hydrogen-bond acceptors (Lipinski definition) is 3. The van der Waals surface area contributed by atoms with E-state index in [0.29, 0.717) is 12.1 Å². The molecule has 0 bridgehead atoms. The highest BCUT2D eigenvalue weighted by Gasteiger charge is 2.18. The molecule has 3 heteroatoms. The second kappa shape index (κ2) is 8.04. The molecule has 1 rings (SSSR count). The SMILES string of the molecule is CCNC(C)CCCN1CCOC(CC)C1. The summed E-state index contributed by atoms with van der Waals surface area (Å²) in [6.07, 6.45) is 4.19. The predicted molar refractivity (Wildman–Crippen MR) is 68.8 cm³/mol. The Balaban J connectivity index is 2.08. The van der Waals surface area contributed by atoms with Gasteiger partial charge in [-0.2, -0.15) is 0 Å². The van der Waals surface area contributed by atoms with Crippen molar-refractivity contribution in [2.24, 2.45) is 0 Å². The summed E-state index contributed by atoms with van der Waals surface area (Å²) in [5, 5.41) is 3.46. The molecular formula is C13H28N2O. The number of ether oxygens (including phenoxy) is 1. The molecule has 2 atom stereocenters. The fourth-order valence-corrected chi connectivity index (χ4v) is 2.30. The lowest BCUT2D eigenvalue weighted by molar-refractivity contribution is -0.0300. The van der Waals surface area contributed by atoms with Crippen LogP contribution in [0.2, 0.25) is 0 Å². The number of nitrogens with zero attached hydrogens (tertiary/aromatic N) is 1. The van der Waals surface area contributed by atoms with Crippen LogP contribution in [-0.4, -0.2) is 49.8 Å². The topological polar surface area (TPSA) is 24.5 Å². The van der Waals surface area contributed by atoms with E-state index in [1.807, 2.05) is 0 Å². The molecule has 16 heavy (non-hydrogen) atoms. The van der Waals surface area contributed by atoms with Crippen molar-refractivity contribution in [3.05, 3.63) is 0 Å². The van der Waals surface area contributed by atoms with Crippen LogP contribution in [0.5, 0.6) is 0 Å². The summed E-state index contributed by atoms with van der Waals surface area (Å²) in [5.41, 5.74) is 0. The third-order valence-corrected chi connectivity index (χ3v) is 3.34. The lowest BCUT2D eigenvalue weighted by atomic mass is 10.1. The van der Waals surface area contributed by atoms with Crippen LogP contribution in [0.4, 0.5) is 0 Å². The Kier molecular flexibility index (Phi) is 7.01. The summed E-state index contributed by atoms with van der Waals surface area (Å²) in [7, 11) is 0. The van der Waals surface area contributed by atoms with E-state index in [2.05, 4.69) is 31.0 Å². The maximum absolute atomic E-state index is 5.67.